The van der Waals surface area contributed by atoms with Gasteiger partial charge < -0.3 is 9.84 Å². The number of nitro benzene ring substituents is 1. The lowest BCUT2D eigenvalue weighted by atomic mass is 9.92. The fourth-order valence-corrected chi connectivity index (χ4v) is 6.89. The Balaban J connectivity index is 1.55. The number of carboxylic acids is 1. The van der Waals surface area contributed by atoms with E-state index >= 15 is 0 Å². The number of benzene rings is 3. The van der Waals surface area contributed by atoms with Crippen LogP contribution in [0.25, 0.3) is 21.8 Å². The molecule has 2 unspecified atom stereocenters. The van der Waals surface area contributed by atoms with E-state index in [9.17, 15) is 20.0 Å². The van der Waals surface area contributed by atoms with Gasteiger partial charge in [-0.3, -0.25) is 10.1 Å². The molecule has 1 heterocycles. The van der Waals surface area contributed by atoms with Crippen LogP contribution < -0.4 is 4.74 Å². The maximum atomic E-state index is 11.7. The molecule has 0 saturated carbocycles. The third kappa shape index (κ3) is 5.23. The number of carboxylic acid groups (broad SMARTS) is 1. The zero-order valence-electron chi connectivity index (χ0n) is 20.0. The maximum absolute atomic E-state index is 11.7. The van der Waals surface area contributed by atoms with Crippen LogP contribution in [0, 0.1) is 10.1 Å². The van der Waals surface area contributed by atoms with Crippen LogP contribution in [0.2, 0.25) is 0 Å². The van der Waals surface area contributed by atoms with Crippen LogP contribution in [-0.2, 0) is 17.0 Å². The van der Waals surface area contributed by atoms with Gasteiger partial charge in [0.15, 0.2) is 6.10 Å². The molecular weight excluding hydrogens is 508 g/mol. The fraction of sp³-hybridized carbons (Fsp3) is 0.214. The van der Waals surface area contributed by atoms with Gasteiger partial charge >= 0.3 is 5.97 Å². The minimum absolute atomic E-state index is 0.0393. The Hall–Kier alpha value is -3.69. The minimum Gasteiger partial charge on any atom is -0.479 e. The number of fused-ring (bicyclic) bond motifs is 3. The molecule has 4 aromatic rings. The van der Waals surface area contributed by atoms with Crippen molar-refractivity contribution in [2.24, 2.45) is 0 Å². The van der Waals surface area contributed by atoms with Gasteiger partial charge in [0.1, 0.15) is 10.8 Å². The van der Waals surface area contributed by atoms with Crippen LogP contribution in [-0.4, -0.2) is 27.1 Å². The van der Waals surface area contributed by atoms with Crippen LogP contribution >= 0.6 is 23.1 Å². The van der Waals surface area contributed by atoms with Crippen molar-refractivity contribution in [1.82, 2.24) is 4.98 Å². The molecular formula is C28H24N2O5S2. The number of nitrogens with zero attached hydrogens (tertiary/aromatic N) is 2. The largest absolute Gasteiger partial charge is 0.479 e. The monoisotopic (exact) mass is 532 g/mol. The Morgan fingerprint density at radius 1 is 1.16 bits per heavy atom. The highest BCUT2D eigenvalue weighted by Gasteiger charge is 2.32. The van der Waals surface area contributed by atoms with Crippen molar-refractivity contribution in [1.29, 1.82) is 0 Å². The molecule has 0 saturated heterocycles. The van der Waals surface area contributed by atoms with Crippen molar-refractivity contribution < 1.29 is 19.6 Å². The molecule has 37 heavy (non-hydrogen) atoms. The van der Waals surface area contributed by atoms with Crippen molar-refractivity contribution in [3.05, 3.63) is 98.9 Å². The molecule has 9 heteroatoms. The lowest BCUT2D eigenvalue weighted by molar-refractivity contribution is -0.384. The number of aromatic nitrogens is 1. The summed E-state index contributed by atoms with van der Waals surface area (Å²) in [5.74, 6) is 0.411. The summed E-state index contributed by atoms with van der Waals surface area (Å²) in [6.45, 7) is 1.79. The number of thiazole rings is 1. The maximum Gasteiger partial charge on any atom is 0.344 e. The first-order valence-electron chi connectivity index (χ1n) is 11.9. The summed E-state index contributed by atoms with van der Waals surface area (Å²) in [7, 11) is 0. The number of hydrogen-bond acceptors (Lipinski definition) is 7. The molecule has 1 aliphatic carbocycles. The average molecular weight is 533 g/mol. The Labute approximate surface area is 222 Å². The Bertz CT molecular complexity index is 1440. The van der Waals surface area contributed by atoms with Gasteiger partial charge in [-0.15, -0.1) is 23.1 Å². The van der Waals surface area contributed by atoms with E-state index in [1.54, 1.807) is 30.4 Å². The summed E-state index contributed by atoms with van der Waals surface area (Å²) in [4.78, 5) is 28.5. The van der Waals surface area contributed by atoms with E-state index in [1.165, 1.54) is 17.7 Å². The second-order valence-corrected chi connectivity index (χ2v) is 10.9. The molecule has 0 radical (unpaired) electrons. The van der Waals surface area contributed by atoms with Crippen LogP contribution in [0.1, 0.15) is 34.6 Å². The first-order valence-corrected chi connectivity index (χ1v) is 13.7. The van der Waals surface area contributed by atoms with E-state index in [1.807, 2.05) is 48.2 Å². The van der Waals surface area contributed by atoms with E-state index in [0.717, 1.165) is 38.0 Å². The standard InChI is InChI=1S/C28H24N2O5S2/c1-2-22(28(31)32)35-23-10-6-9-20-21(23)15-24(36-16-17-7-4-3-5-8-17)26-25(20)29-27(37-26)18-11-13-19(14-12-18)30(33)34/h3-14,22,24H,2,15-16H2,1H3,(H,31,32). The number of thioether (sulfide) groups is 1. The Morgan fingerprint density at radius 2 is 1.92 bits per heavy atom. The fourth-order valence-electron chi connectivity index (χ4n) is 4.35. The number of nitro groups is 1. The predicted molar refractivity (Wildman–Crippen MR) is 146 cm³/mol. The van der Waals surface area contributed by atoms with Crippen LogP contribution in [0.15, 0.2) is 72.8 Å². The van der Waals surface area contributed by atoms with Gasteiger partial charge in [-0.2, -0.15) is 0 Å². The van der Waals surface area contributed by atoms with Gasteiger partial charge in [-0.1, -0.05) is 49.4 Å². The average Bonchev–Trinajstić information content (AvgIpc) is 3.37. The quantitative estimate of drug-likeness (QED) is 0.180. The van der Waals surface area contributed by atoms with E-state index in [2.05, 4.69) is 12.1 Å². The lowest BCUT2D eigenvalue weighted by Crippen LogP contribution is -2.26. The number of hydrogen-bond donors (Lipinski definition) is 1. The highest BCUT2D eigenvalue weighted by molar-refractivity contribution is 7.98. The third-order valence-electron chi connectivity index (χ3n) is 6.26. The molecule has 188 valence electrons. The van der Waals surface area contributed by atoms with Crippen molar-refractivity contribution in [3.8, 4) is 27.6 Å². The molecule has 1 aliphatic rings. The molecule has 7 nitrogen and oxygen atoms in total. The van der Waals surface area contributed by atoms with Crippen molar-refractivity contribution >= 4 is 34.8 Å². The molecule has 0 amide bonds. The van der Waals surface area contributed by atoms with Gasteiger partial charge in [-0.25, -0.2) is 9.78 Å². The molecule has 5 rings (SSSR count). The second kappa shape index (κ2) is 10.7. The molecule has 0 fully saturated rings. The van der Waals surface area contributed by atoms with Crippen molar-refractivity contribution in [3.63, 3.8) is 0 Å². The zero-order valence-corrected chi connectivity index (χ0v) is 21.6. The first kappa shape index (κ1) is 25.0. The Morgan fingerprint density at radius 3 is 2.59 bits per heavy atom. The van der Waals surface area contributed by atoms with Crippen LogP contribution in [0.3, 0.4) is 0 Å². The number of aliphatic carboxylic acids is 1. The summed E-state index contributed by atoms with van der Waals surface area (Å²) in [5, 5.41) is 21.5. The van der Waals surface area contributed by atoms with Crippen LogP contribution in [0.5, 0.6) is 5.75 Å². The SMILES string of the molecule is CCC(Oc1cccc2c1CC(SCc1ccccc1)c1sc(-c3ccc([N+](=O)[O-])cc3)nc1-2)C(=O)O. The molecule has 0 aliphatic heterocycles. The summed E-state index contributed by atoms with van der Waals surface area (Å²) >= 11 is 3.42. The van der Waals surface area contributed by atoms with E-state index in [4.69, 9.17) is 9.72 Å². The van der Waals surface area contributed by atoms with Gasteiger partial charge in [0.05, 0.1) is 10.6 Å². The Kier molecular flexibility index (Phi) is 7.25. The van der Waals surface area contributed by atoms with E-state index < -0.39 is 17.0 Å². The first-order chi connectivity index (χ1) is 17.9. The second-order valence-electron chi connectivity index (χ2n) is 8.66. The van der Waals surface area contributed by atoms with Gasteiger partial charge in [0, 0.05) is 44.7 Å². The summed E-state index contributed by atoms with van der Waals surface area (Å²) in [6.07, 6.45) is 0.125. The zero-order chi connectivity index (χ0) is 25.9. The van der Waals surface area contributed by atoms with Gasteiger partial charge in [0.25, 0.3) is 5.69 Å². The molecule has 2 atom stereocenters. The predicted octanol–water partition coefficient (Wildman–Crippen LogP) is 7.16. The number of rotatable bonds is 9. The molecule has 1 N–H and O–H groups in total. The third-order valence-corrected chi connectivity index (χ3v) is 8.93. The van der Waals surface area contributed by atoms with E-state index in [0.29, 0.717) is 18.6 Å². The van der Waals surface area contributed by atoms with Crippen LogP contribution in [0.4, 0.5) is 5.69 Å². The van der Waals surface area contributed by atoms with Gasteiger partial charge in [0.2, 0.25) is 0 Å². The summed E-state index contributed by atoms with van der Waals surface area (Å²) in [5.41, 5.74) is 4.84. The normalized spacial score (nSPS) is 14.9. The molecule has 0 spiro atoms. The molecule has 1 aromatic heterocycles. The number of ether oxygens (including phenoxy) is 1. The smallest absolute Gasteiger partial charge is 0.344 e. The van der Waals surface area contributed by atoms with E-state index in [-0.39, 0.29) is 10.9 Å². The summed E-state index contributed by atoms with van der Waals surface area (Å²) in [6, 6.07) is 22.4. The highest BCUT2D eigenvalue weighted by Crippen LogP contribution is 2.51. The lowest BCUT2D eigenvalue weighted by Gasteiger charge is -2.26. The number of carbonyl (C=O) groups is 1. The topological polar surface area (TPSA) is 103 Å². The highest BCUT2D eigenvalue weighted by atomic mass is 32.2. The molecule has 3 aromatic carbocycles. The minimum atomic E-state index is -0.985. The van der Waals surface area contributed by atoms with Crippen molar-refractivity contribution in [2.45, 2.75) is 36.9 Å². The van der Waals surface area contributed by atoms with Gasteiger partial charge in [-0.05, 0) is 36.6 Å². The summed E-state index contributed by atoms with van der Waals surface area (Å²) < 4.78 is 5.98. The molecule has 0 bridgehead atoms. The number of non-ortho nitro benzene ring substituents is 1. The van der Waals surface area contributed by atoms with Crippen molar-refractivity contribution in [2.75, 3.05) is 0 Å².